The second kappa shape index (κ2) is 6.14. The Bertz CT molecular complexity index is 928. The molecule has 3 heterocycles. The molecule has 8 nitrogen and oxygen atoms in total. The van der Waals surface area contributed by atoms with Gasteiger partial charge in [-0.3, -0.25) is 14.4 Å². The van der Waals surface area contributed by atoms with E-state index >= 15 is 0 Å². The van der Waals surface area contributed by atoms with Crippen LogP contribution in [0.25, 0.3) is 5.65 Å². The number of carbonyl (C=O) groups excluding carboxylic acids is 2. The van der Waals surface area contributed by atoms with Gasteiger partial charge in [-0.2, -0.15) is 0 Å². The molecule has 0 amide bonds. The van der Waals surface area contributed by atoms with Crippen molar-refractivity contribution in [2.75, 3.05) is 0 Å². The average Bonchev–Trinajstić information content (AvgIpc) is 3.04. The second-order valence-electron chi connectivity index (χ2n) is 4.56. The first-order valence-corrected chi connectivity index (χ1v) is 6.59. The Morgan fingerprint density at radius 3 is 2.91 bits per heavy atom. The van der Waals surface area contributed by atoms with Crippen molar-refractivity contribution >= 4 is 18.4 Å². The zero-order chi connectivity index (χ0) is 16.2. The van der Waals surface area contributed by atoms with Crippen LogP contribution >= 0.6 is 0 Å². The summed E-state index contributed by atoms with van der Waals surface area (Å²) in [6.07, 6.45) is 6.95. The number of nitrogens with zero attached hydrogens (tertiary/aromatic N) is 3. The third kappa shape index (κ3) is 2.82. The van der Waals surface area contributed by atoms with Gasteiger partial charge in [0.15, 0.2) is 6.29 Å². The summed E-state index contributed by atoms with van der Waals surface area (Å²) in [6, 6.07) is 4.70. The molecule has 3 rings (SSSR count). The van der Waals surface area contributed by atoms with Crippen LogP contribution in [-0.4, -0.2) is 26.9 Å². The molecule has 0 aliphatic heterocycles. The lowest BCUT2D eigenvalue weighted by Gasteiger charge is -2.10. The lowest BCUT2D eigenvalue weighted by atomic mass is 10.2. The van der Waals surface area contributed by atoms with Gasteiger partial charge in [-0.25, -0.2) is 4.98 Å². The summed E-state index contributed by atoms with van der Waals surface area (Å²) in [7, 11) is 0. The number of hydrogen-bond donors (Lipinski definition) is 0. The first-order valence-electron chi connectivity index (χ1n) is 6.59. The molecule has 0 aromatic carbocycles. The molecule has 0 N–H and O–H groups in total. The molecule has 0 aliphatic carbocycles. The Hall–Kier alpha value is -3.42. The van der Waals surface area contributed by atoms with E-state index in [1.807, 2.05) is 22.7 Å². The summed E-state index contributed by atoms with van der Waals surface area (Å²) >= 11 is 0. The Labute approximate surface area is 129 Å². The van der Waals surface area contributed by atoms with Crippen LogP contribution in [0.2, 0.25) is 0 Å². The molecule has 0 spiro atoms. The molecule has 0 saturated carbocycles. The van der Waals surface area contributed by atoms with E-state index in [0.717, 1.165) is 23.5 Å². The number of aromatic nitrogens is 3. The van der Waals surface area contributed by atoms with E-state index in [1.54, 1.807) is 12.4 Å². The standard InChI is InChI=1S/C15H11N3O5/c19-8-12-6-14(21)18(23-10-20)7-13(12)22-9-11-2-1-4-17-5-3-16-15(11)17/h1-8,10H,9H2. The highest BCUT2D eigenvalue weighted by Crippen LogP contribution is 2.17. The summed E-state index contributed by atoms with van der Waals surface area (Å²) in [5.74, 6) is 0.120. The van der Waals surface area contributed by atoms with Crippen molar-refractivity contribution in [3.8, 4) is 5.75 Å². The van der Waals surface area contributed by atoms with Crippen LogP contribution in [-0.2, 0) is 11.4 Å². The van der Waals surface area contributed by atoms with E-state index in [0.29, 0.717) is 11.0 Å². The van der Waals surface area contributed by atoms with Crippen molar-refractivity contribution in [1.82, 2.24) is 14.1 Å². The van der Waals surface area contributed by atoms with Crippen LogP contribution in [0.3, 0.4) is 0 Å². The first kappa shape index (κ1) is 14.5. The fourth-order valence-corrected chi connectivity index (χ4v) is 2.13. The van der Waals surface area contributed by atoms with E-state index in [4.69, 9.17) is 4.74 Å². The fourth-order valence-electron chi connectivity index (χ4n) is 2.13. The van der Waals surface area contributed by atoms with Gasteiger partial charge in [0, 0.05) is 30.2 Å². The predicted octanol–water partition coefficient (Wildman–Crippen LogP) is 0.472. The van der Waals surface area contributed by atoms with Gasteiger partial charge in [-0.1, -0.05) is 6.07 Å². The quantitative estimate of drug-likeness (QED) is 0.614. The van der Waals surface area contributed by atoms with Crippen molar-refractivity contribution < 1.29 is 19.2 Å². The van der Waals surface area contributed by atoms with Gasteiger partial charge < -0.3 is 14.0 Å². The molecular weight excluding hydrogens is 302 g/mol. The molecule has 0 atom stereocenters. The minimum Gasteiger partial charge on any atom is -0.486 e. The van der Waals surface area contributed by atoms with Crippen LogP contribution in [0.4, 0.5) is 0 Å². The largest absolute Gasteiger partial charge is 0.486 e. The van der Waals surface area contributed by atoms with Crippen LogP contribution in [0.15, 0.2) is 47.8 Å². The maximum atomic E-state index is 11.6. The molecule has 3 aromatic heterocycles. The Kier molecular flexibility index (Phi) is 3.88. The minimum atomic E-state index is -0.651. The van der Waals surface area contributed by atoms with Crippen molar-refractivity contribution in [3.05, 3.63) is 64.5 Å². The highest BCUT2D eigenvalue weighted by molar-refractivity contribution is 5.78. The van der Waals surface area contributed by atoms with Gasteiger partial charge in [0.05, 0.1) is 11.8 Å². The molecule has 23 heavy (non-hydrogen) atoms. The normalized spacial score (nSPS) is 10.4. The highest BCUT2D eigenvalue weighted by Gasteiger charge is 2.10. The summed E-state index contributed by atoms with van der Waals surface area (Å²) in [4.78, 5) is 41.8. The van der Waals surface area contributed by atoms with E-state index in [9.17, 15) is 14.4 Å². The third-order valence-electron chi connectivity index (χ3n) is 3.18. The highest BCUT2D eigenvalue weighted by atomic mass is 16.7. The van der Waals surface area contributed by atoms with Crippen LogP contribution in [0.1, 0.15) is 15.9 Å². The Morgan fingerprint density at radius 2 is 2.13 bits per heavy atom. The summed E-state index contributed by atoms with van der Waals surface area (Å²) in [5, 5.41) is 0. The second-order valence-corrected chi connectivity index (χ2v) is 4.56. The van der Waals surface area contributed by atoms with Crippen molar-refractivity contribution in [3.63, 3.8) is 0 Å². The summed E-state index contributed by atoms with van der Waals surface area (Å²) < 4.78 is 8.11. The number of carbonyl (C=O) groups is 2. The number of pyridine rings is 2. The monoisotopic (exact) mass is 313 g/mol. The lowest BCUT2D eigenvalue weighted by molar-refractivity contribution is -0.129. The van der Waals surface area contributed by atoms with Crippen molar-refractivity contribution in [2.24, 2.45) is 0 Å². The molecule has 0 fully saturated rings. The Balaban J connectivity index is 1.91. The van der Waals surface area contributed by atoms with Gasteiger partial charge in [0.2, 0.25) is 0 Å². The number of aldehydes is 1. The maximum absolute atomic E-state index is 11.6. The molecule has 0 bridgehead atoms. The molecule has 8 heteroatoms. The smallest absolute Gasteiger partial charge is 0.321 e. The number of imidazole rings is 1. The zero-order valence-corrected chi connectivity index (χ0v) is 11.8. The van der Waals surface area contributed by atoms with Crippen LogP contribution in [0, 0.1) is 0 Å². The summed E-state index contributed by atoms with van der Waals surface area (Å²) in [6.45, 7) is 0.235. The third-order valence-corrected chi connectivity index (χ3v) is 3.18. The minimum absolute atomic E-state index is 0.0658. The molecular formula is C15H11N3O5. The van der Waals surface area contributed by atoms with Gasteiger partial charge in [-0.05, 0) is 6.07 Å². The number of rotatable bonds is 6. The van der Waals surface area contributed by atoms with Gasteiger partial charge in [0.1, 0.15) is 18.0 Å². The van der Waals surface area contributed by atoms with Gasteiger partial charge in [-0.15, -0.1) is 4.73 Å². The number of hydrogen-bond acceptors (Lipinski definition) is 6. The zero-order valence-electron chi connectivity index (χ0n) is 11.8. The molecule has 0 saturated heterocycles. The fraction of sp³-hybridized carbons (Fsp3) is 0.0667. The van der Waals surface area contributed by atoms with E-state index in [-0.39, 0.29) is 24.4 Å². The molecule has 0 unspecified atom stereocenters. The van der Waals surface area contributed by atoms with E-state index in [2.05, 4.69) is 9.82 Å². The van der Waals surface area contributed by atoms with Crippen molar-refractivity contribution in [2.45, 2.75) is 6.61 Å². The van der Waals surface area contributed by atoms with E-state index < -0.39 is 5.56 Å². The topological polar surface area (TPSA) is 91.9 Å². The van der Waals surface area contributed by atoms with E-state index in [1.165, 1.54) is 0 Å². The van der Waals surface area contributed by atoms with Gasteiger partial charge >= 0.3 is 6.47 Å². The lowest BCUT2D eigenvalue weighted by Crippen LogP contribution is -2.26. The molecule has 0 aliphatic rings. The maximum Gasteiger partial charge on any atom is 0.321 e. The SMILES string of the molecule is O=COn1cc(OCc2cccn3ccnc23)c(C=O)cc1=O. The average molecular weight is 313 g/mol. The Morgan fingerprint density at radius 1 is 1.26 bits per heavy atom. The molecule has 116 valence electrons. The number of ether oxygens (including phenoxy) is 1. The number of fused-ring (bicyclic) bond motifs is 1. The molecule has 0 radical (unpaired) electrons. The van der Waals surface area contributed by atoms with Crippen molar-refractivity contribution in [1.29, 1.82) is 0 Å². The first-order chi connectivity index (χ1) is 11.2. The molecule has 3 aromatic rings. The predicted molar refractivity (Wildman–Crippen MR) is 78.3 cm³/mol. The van der Waals surface area contributed by atoms with Crippen LogP contribution < -0.4 is 15.1 Å². The van der Waals surface area contributed by atoms with Crippen LogP contribution in [0.5, 0.6) is 5.75 Å². The summed E-state index contributed by atoms with van der Waals surface area (Å²) in [5.41, 5.74) is 0.930. The van der Waals surface area contributed by atoms with Gasteiger partial charge in [0.25, 0.3) is 5.56 Å².